The maximum atomic E-state index is 12.9. The second-order valence-corrected chi connectivity index (χ2v) is 21.6. The third-order valence-corrected chi connectivity index (χ3v) is 13.7. The summed E-state index contributed by atoms with van der Waals surface area (Å²) in [5, 5.41) is 0. The molecule has 0 radical (unpaired) electrons. The molecule has 0 aromatic rings. The molecule has 83 heavy (non-hydrogen) atoms. The van der Waals surface area contributed by atoms with Crippen LogP contribution in [0.25, 0.3) is 0 Å². The average Bonchev–Trinajstić information content (AvgIpc) is 3.49. The molecule has 0 fully saturated rings. The smallest absolute Gasteiger partial charge is 0.306 e. The Morgan fingerprint density at radius 2 is 0.470 bits per heavy atom. The molecule has 1 unspecified atom stereocenters. The fourth-order valence-electron chi connectivity index (χ4n) is 8.71. The Hall–Kier alpha value is -5.23. The highest BCUT2D eigenvalue weighted by Crippen LogP contribution is 2.14. The van der Waals surface area contributed by atoms with Gasteiger partial charge in [-0.25, -0.2) is 0 Å². The van der Waals surface area contributed by atoms with Gasteiger partial charge in [0, 0.05) is 19.3 Å². The summed E-state index contributed by atoms with van der Waals surface area (Å²) >= 11 is 0. The highest BCUT2D eigenvalue weighted by molar-refractivity contribution is 5.71. The van der Waals surface area contributed by atoms with Crippen LogP contribution < -0.4 is 0 Å². The predicted octanol–water partition coefficient (Wildman–Crippen LogP) is 23.4. The fraction of sp³-hybridized carbons (Fsp3) is 0.597. The maximum Gasteiger partial charge on any atom is 0.306 e. The van der Waals surface area contributed by atoms with Gasteiger partial charge in [0.05, 0.1) is 0 Å². The summed E-state index contributed by atoms with van der Waals surface area (Å²) in [6.07, 6.45) is 102. The van der Waals surface area contributed by atoms with Gasteiger partial charge in [-0.15, -0.1) is 0 Å². The van der Waals surface area contributed by atoms with Gasteiger partial charge in [-0.3, -0.25) is 14.4 Å². The van der Waals surface area contributed by atoms with E-state index in [2.05, 4.69) is 191 Å². The Balaban J connectivity index is 4.47. The molecule has 0 amide bonds. The van der Waals surface area contributed by atoms with Gasteiger partial charge < -0.3 is 14.2 Å². The summed E-state index contributed by atoms with van der Waals surface area (Å²) < 4.78 is 16.9. The molecular weight excluding hydrogens is 1020 g/mol. The monoisotopic (exact) mass is 1140 g/mol. The van der Waals surface area contributed by atoms with E-state index < -0.39 is 6.10 Å². The van der Waals surface area contributed by atoms with Crippen LogP contribution in [0.3, 0.4) is 0 Å². The number of unbranched alkanes of at least 4 members (excludes halogenated alkanes) is 20. The summed E-state index contributed by atoms with van der Waals surface area (Å²) in [6, 6.07) is 0. The van der Waals surface area contributed by atoms with Gasteiger partial charge in [-0.2, -0.15) is 0 Å². The molecule has 0 rings (SSSR count). The second-order valence-electron chi connectivity index (χ2n) is 21.6. The van der Waals surface area contributed by atoms with Gasteiger partial charge in [0.15, 0.2) is 6.10 Å². The van der Waals surface area contributed by atoms with Crippen molar-refractivity contribution in [2.45, 2.75) is 284 Å². The van der Waals surface area contributed by atoms with Crippen LogP contribution in [0.1, 0.15) is 278 Å². The molecule has 0 aliphatic heterocycles. The van der Waals surface area contributed by atoms with Gasteiger partial charge in [0.1, 0.15) is 13.2 Å². The number of carbonyl (C=O) groups excluding carboxylic acids is 3. The largest absolute Gasteiger partial charge is 0.462 e. The van der Waals surface area contributed by atoms with Crippen LogP contribution in [0.4, 0.5) is 0 Å². The Bertz CT molecular complexity index is 1890. The summed E-state index contributed by atoms with van der Waals surface area (Å²) in [5.41, 5.74) is 0. The number of esters is 3. The number of ether oxygens (including phenoxy) is 3. The zero-order valence-corrected chi connectivity index (χ0v) is 53.4. The van der Waals surface area contributed by atoms with Gasteiger partial charge in [-0.05, 0) is 154 Å². The molecule has 0 aromatic heterocycles. The molecular formula is C77H122O6. The first-order chi connectivity index (χ1) is 41.0. The summed E-state index contributed by atoms with van der Waals surface area (Å²) in [4.78, 5) is 38.4. The molecule has 0 saturated heterocycles. The number of carbonyl (C=O) groups is 3. The highest BCUT2D eigenvalue weighted by atomic mass is 16.6. The van der Waals surface area contributed by atoms with Crippen molar-refractivity contribution in [2.24, 2.45) is 0 Å². The Kier molecular flexibility index (Phi) is 64.9. The minimum atomic E-state index is -0.820. The van der Waals surface area contributed by atoms with Crippen molar-refractivity contribution in [3.63, 3.8) is 0 Å². The lowest BCUT2D eigenvalue weighted by atomic mass is 10.1. The molecule has 0 aliphatic rings. The number of rotatable bonds is 59. The van der Waals surface area contributed by atoms with E-state index in [1.165, 1.54) is 77.0 Å². The van der Waals surface area contributed by atoms with Crippen LogP contribution in [0.2, 0.25) is 0 Å². The van der Waals surface area contributed by atoms with E-state index in [0.29, 0.717) is 19.3 Å². The summed E-state index contributed by atoms with van der Waals surface area (Å²) in [6.45, 7) is 6.36. The first kappa shape index (κ1) is 77.8. The number of hydrogen-bond acceptors (Lipinski definition) is 6. The molecule has 6 nitrogen and oxygen atoms in total. The topological polar surface area (TPSA) is 78.9 Å². The molecule has 0 aliphatic carbocycles. The van der Waals surface area contributed by atoms with Gasteiger partial charge in [0.25, 0.3) is 0 Å². The van der Waals surface area contributed by atoms with E-state index >= 15 is 0 Å². The Labute approximate surface area is 511 Å². The van der Waals surface area contributed by atoms with Gasteiger partial charge in [-0.1, -0.05) is 274 Å². The van der Waals surface area contributed by atoms with Crippen LogP contribution in [-0.2, 0) is 28.6 Å². The second kappa shape index (κ2) is 69.3. The van der Waals surface area contributed by atoms with E-state index in [0.717, 1.165) is 154 Å². The van der Waals surface area contributed by atoms with Crippen molar-refractivity contribution in [1.29, 1.82) is 0 Å². The van der Waals surface area contributed by atoms with Crippen molar-refractivity contribution < 1.29 is 28.6 Å². The average molecular weight is 1140 g/mol. The molecule has 0 heterocycles. The van der Waals surface area contributed by atoms with Crippen LogP contribution in [0.15, 0.2) is 170 Å². The number of allylic oxidation sites excluding steroid dienone is 28. The first-order valence-corrected chi connectivity index (χ1v) is 33.6. The van der Waals surface area contributed by atoms with Crippen molar-refractivity contribution >= 4 is 17.9 Å². The van der Waals surface area contributed by atoms with Crippen molar-refractivity contribution in [1.82, 2.24) is 0 Å². The Morgan fingerprint density at radius 1 is 0.253 bits per heavy atom. The van der Waals surface area contributed by atoms with E-state index in [9.17, 15) is 14.4 Å². The normalized spacial score (nSPS) is 13.2. The van der Waals surface area contributed by atoms with E-state index in [-0.39, 0.29) is 37.5 Å². The van der Waals surface area contributed by atoms with Crippen molar-refractivity contribution in [3.8, 4) is 0 Å². The molecule has 0 bridgehead atoms. The summed E-state index contributed by atoms with van der Waals surface area (Å²) in [5.74, 6) is -0.975. The maximum absolute atomic E-state index is 12.9. The standard InChI is InChI=1S/C77H122O6/c1-4-7-10-13-16-19-22-25-28-30-32-34-35-36-37-38-39-40-41-43-44-46-49-52-55-58-61-64-67-70-76(79)82-73-74(72-81-75(78)69-66-63-60-57-54-51-48-27-24-21-18-15-12-9-6-3)83-77(80)71-68-65-62-59-56-53-50-47-45-42-33-31-29-26-23-20-17-14-11-8-5-2/h7-8,10-11,16-17,19-20,25-29,32-34,36-37,39-40,42-44,47-48,50,56,59,74H,4-6,9,12-15,18,21-24,30-31,35,38,41,45-46,49,51-55,57-58,60-73H2,1-3H3/b10-7-,11-8-,19-16-,20-17-,28-25-,29-26-,34-32-,37-36-,40-39-,42-33-,44-43-,48-27-,50-47-,59-56-. The fourth-order valence-corrected chi connectivity index (χ4v) is 8.71. The van der Waals surface area contributed by atoms with E-state index in [1.54, 1.807) is 0 Å². The lowest BCUT2D eigenvalue weighted by molar-refractivity contribution is -0.167. The third-order valence-electron chi connectivity index (χ3n) is 13.7. The zero-order valence-electron chi connectivity index (χ0n) is 53.4. The van der Waals surface area contributed by atoms with Crippen LogP contribution in [0.5, 0.6) is 0 Å². The van der Waals surface area contributed by atoms with Gasteiger partial charge in [0.2, 0.25) is 0 Å². The Morgan fingerprint density at radius 3 is 0.771 bits per heavy atom. The molecule has 1 atom stereocenters. The van der Waals surface area contributed by atoms with Crippen molar-refractivity contribution in [3.05, 3.63) is 170 Å². The highest BCUT2D eigenvalue weighted by Gasteiger charge is 2.19. The lowest BCUT2D eigenvalue weighted by Gasteiger charge is -2.18. The van der Waals surface area contributed by atoms with E-state index in [4.69, 9.17) is 14.2 Å². The van der Waals surface area contributed by atoms with Crippen molar-refractivity contribution in [2.75, 3.05) is 13.2 Å². The van der Waals surface area contributed by atoms with E-state index in [1.807, 2.05) is 0 Å². The first-order valence-electron chi connectivity index (χ1n) is 33.6. The SMILES string of the molecule is CC/C=C\C/C=C\C/C=C\C/C=C\C/C=C\C/C=C\C/C=C\CCCCCCCCCC(=O)OCC(COC(=O)CCCCCCC/C=C\CCCCCCCC)OC(=O)CCCC/C=C\C/C=C\C/C=C\C/C=C\C/C=C\C/C=C\CC. The molecule has 0 aromatic carbocycles. The minimum Gasteiger partial charge on any atom is -0.462 e. The molecule has 6 heteroatoms. The van der Waals surface area contributed by atoms with Crippen LogP contribution >= 0.6 is 0 Å². The molecule has 0 N–H and O–H groups in total. The van der Waals surface area contributed by atoms with Crippen LogP contribution in [0, 0.1) is 0 Å². The third kappa shape index (κ3) is 67.4. The quantitative estimate of drug-likeness (QED) is 0.0261. The summed E-state index contributed by atoms with van der Waals surface area (Å²) in [7, 11) is 0. The van der Waals surface area contributed by atoms with Gasteiger partial charge >= 0.3 is 17.9 Å². The number of hydrogen-bond donors (Lipinski definition) is 0. The minimum absolute atomic E-state index is 0.110. The molecule has 0 saturated carbocycles. The molecule has 466 valence electrons. The lowest BCUT2D eigenvalue weighted by Crippen LogP contribution is -2.30. The molecule has 0 spiro atoms. The predicted molar refractivity (Wildman–Crippen MR) is 361 cm³/mol. The van der Waals surface area contributed by atoms with Crippen LogP contribution in [-0.4, -0.2) is 37.2 Å². The zero-order chi connectivity index (χ0) is 59.9.